The second kappa shape index (κ2) is 6.75. The van der Waals surface area contributed by atoms with E-state index < -0.39 is 0 Å². The minimum absolute atomic E-state index is 0.169. The minimum atomic E-state index is -0.242. The van der Waals surface area contributed by atoms with Gasteiger partial charge in [0.2, 0.25) is 0 Å². The summed E-state index contributed by atoms with van der Waals surface area (Å²) in [6, 6.07) is 12.4. The van der Waals surface area contributed by atoms with Crippen molar-refractivity contribution in [2.75, 3.05) is 13.2 Å². The van der Waals surface area contributed by atoms with Crippen LogP contribution in [0.15, 0.2) is 42.5 Å². The molecule has 4 rings (SSSR count). The fourth-order valence-corrected chi connectivity index (χ4v) is 3.63. The Kier molecular flexibility index (Phi) is 4.29. The quantitative estimate of drug-likeness (QED) is 0.614. The van der Waals surface area contributed by atoms with Crippen LogP contribution in [0.1, 0.15) is 55.9 Å². The first-order chi connectivity index (χ1) is 12.7. The van der Waals surface area contributed by atoms with Crippen LogP contribution in [0, 0.1) is 0 Å². The van der Waals surface area contributed by atoms with Gasteiger partial charge in [-0.05, 0) is 37.5 Å². The molecule has 5 heteroatoms. The van der Waals surface area contributed by atoms with E-state index in [2.05, 4.69) is 0 Å². The maximum Gasteiger partial charge on any atom is 0.261 e. The van der Waals surface area contributed by atoms with Crippen molar-refractivity contribution in [2.45, 2.75) is 25.7 Å². The molecule has 2 aromatic carbocycles. The van der Waals surface area contributed by atoms with E-state index in [1.807, 2.05) is 18.2 Å². The van der Waals surface area contributed by atoms with Gasteiger partial charge in [0, 0.05) is 24.1 Å². The lowest BCUT2D eigenvalue weighted by atomic mass is 9.90. The third kappa shape index (κ3) is 2.79. The van der Waals surface area contributed by atoms with Crippen molar-refractivity contribution in [1.29, 1.82) is 0 Å². The number of benzene rings is 2. The molecule has 132 valence electrons. The molecule has 0 aromatic heterocycles. The van der Waals surface area contributed by atoms with E-state index in [4.69, 9.17) is 4.74 Å². The summed E-state index contributed by atoms with van der Waals surface area (Å²) >= 11 is 0. The third-order valence-corrected chi connectivity index (χ3v) is 4.93. The zero-order chi connectivity index (χ0) is 18.1. The van der Waals surface area contributed by atoms with Crippen molar-refractivity contribution in [2.24, 2.45) is 0 Å². The second-order valence-electron chi connectivity index (χ2n) is 6.57. The topological polar surface area (TPSA) is 63.7 Å². The maximum atomic E-state index is 12.3. The first kappa shape index (κ1) is 16.5. The van der Waals surface area contributed by atoms with Gasteiger partial charge in [-0.2, -0.15) is 0 Å². The number of hydrogen-bond donors (Lipinski definition) is 0. The van der Waals surface area contributed by atoms with Crippen LogP contribution in [0.5, 0.6) is 5.75 Å². The molecule has 0 saturated carbocycles. The fraction of sp³-hybridized carbons (Fsp3) is 0.286. The Bertz CT molecular complexity index is 868. The van der Waals surface area contributed by atoms with Crippen molar-refractivity contribution < 1.29 is 19.1 Å². The van der Waals surface area contributed by atoms with Gasteiger partial charge in [0.05, 0.1) is 17.7 Å². The van der Waals surface area contributed by atoms with Gasteiger partial charge in [0.1, 0.15) is 5.75 Å². The van der Waals surface area contributed by atoms with E-state index in [0.29, 0.717) is 37.1 Å². The van der Waals surface area contributed by atoms with Crippen LogP contribution in [0.4, 0.5) is 0 Å². The Balaban J connectivity index is 1.37. The first-order valence-corrected chi connectivity index (χ1v) is 8.90. The van der Waals surface area contributed by atoms with Crippen molar-refractivity contribution >= 4 is 17.6 Å². The highest BCUT2D eigenvalue weighted by Crippen LogP contribution is 2.29. The zero-order valence-corrected chi connectivity index (χ0v) is 14.4. The van der Waals surface area contributed by atoms with Crippen molar-refractivity contribution in [1.82, 2.24) is 4.90 Å². The van der Waals surface area contributed by atoms with Crippen LogP contribution in [0.25, 0.3) is 0 Å². The van der Waals surface area contributed by atoms with E-state index in [0.717, 1.165) is 29.7 Å². The molecule has 0 saturated heterocycles. The van der Waals surface area contributed by atoms with Crippen LogP contribution >= 0.6 is 0 Å². The largest absolute Gasteiger partial charge is 0.493 e. The third-order valence-electron chi connectivity index (χ3n) is 4.93. The van der Waals surface area contributed by atoms with Gasteiger partial charge >= 0.3 is 0 Å². The van der Waals surface area contributed by atoms with Crippen LogP contribution in [0.3, 0.4) is 0 Å². The van der Waals surface area contributed by atoms with Gasteiger partial charge in [-0.25, -0.2) is 0 Å². The zero-order valence-electron chi connectivity index (χ0n) is 14.4. The average molecular weight is 349 g/mol. The van der Waals surface area contributed by atoms with E-state index in [9.17, 15) is 14.4 Å². The molecule has 2 aliphatic rings. The van der Waals surface area contributed by atoms with Gasteiger partial charge < -0.3 is 4.74 Å². The smallest absolute Gasteiger partial charge is 0.261 e. The van der Waals surface area contributed by atoms with Crippen molar-refractivity contribution in [3.63, 3.8) is 0 Å². The summed E-state index contributed by atoms with van der Waals surface area (Å²) in [5.41, 5.74) is 2.67. The molecular formula is C21H19NO4. The highest BCUT2D eigenvalue weighted by Gasteiger charge is 2.34. The molecule has 2 amide bonds. The molecule has 1 aliphatic carbocycles. The predicted octanol–water partition coefficient (Wildman–Crippen LogP) is 3.27. The minimum Gasteiger partial charge on any atom is -0.493 e. The van der Waals surface area contributed by atoms with E-state index in [1.165, 1.54) is 4.90 Å². The van der Waals surface area contributed by atoms with E-state index in [1.54, 1.807) is 24.3 Å². The lowest BCUT2D eigenvalue weighted by molar-refractivity contribution is 0.0646. The fourth-order valence-electron chi connectivity index (χ4n) is 3.63. The normalized spacial score (nSPS) is 15.8. The van der Waals surface area contributed by atoms with Crippen LogP contribution < -0.4 is 4.74 Å². The molecule has 2 aromatic rings. The molecule has 0 radical (unpaired) electrons. The summed E-state index contributed by atoms with van der Waals surface area (Å²) in [6.07, 6.45) is 2.83. The summed E-state index contributed by atoms with van der Waals surface area (Å²) < 4.78 is 5.86. The number of fused-ring (bicyclic) bond motifs is 2. The van der Waals surface area contributed by atoms with Crippen LogP contribution in [0.2, 0.25) is 0 Å². The Hall–Kier alpha value is -2.95. The Morgan fingerprint density at radius 2 is 1.54 bits per heavy atom. The first-order valence-electron chi connectivity index (χ1n) is 8.90. The summed E-state index contributed by atoms with van der Waals surface area (Å²) in [4.78, 5) is 37.9. The van der Waals surface area contributed by atoms with E-state index >= 15 is 0 Å². The predicted molar refractivity (Wildman–Crippen MR) is 95.6 cm³/mol. The number of carbonyl (C=O) groups is 3. The maximum absolute atomic E-state index is 12.3. The standard InChI is InChI=1S/C21H19NO4/c23-18-10-3-9-15-14(18)8-4-11-19(15)26-13-5-12-22-20(24)16-6-1-2-7-17(16)21(22)25/h1-2,4,6-8,11H,3,5,9-10,12-13H2. The Morgan fingerprint density at radius 3 is 2.27 bits per heavy atom. The highest BCUT2D eigenvalue weighted by molar-refractivity contribution is 6.21. The lowest BCUT2D eigenvalue weighted by Crippen LogP contribution is -2.31. The van der Waals surface area contributed by atoms with Crippen LogP contribution in [-0.4, -0.2) is 35.6 Å². The van der Waals surface area contributed by atoms with Gasteiger partial charge in [-0.3, -0.25) is 19.3 Å². The number of amides is 2. The molecule has 5 nitrogen and oxygen atoms in total. The molecule has 1 aliphatic heterocycles. The molecular weight excluding hydrogens is 330 g/mol. The number of ether oxygens (including phenoxy) is 1. The number of imide groups is 1. The number of rotatable bonds is 5. The monoisotopic (exact) mass is 349 g/mol. The molecule has 0 fully saturated rings. The van der Waals surface area contributed by atoms with Gasteiger partial charge in [0.15, 0.2) is 5.78 Å². The second-order valence-corrected chi connectivity index (χ2v) is 6.57. The number of hydrogen-bond acceptors (Lipinski definition) is 4. The van der Waals surface area contributed by atoms with Gasteiger partial charge in [0.25, 0.3) is 11.8 Å². The summed E-state index contributed by atoms with van der Waals surface area (Å²) in [5.74, 6) is 0.419. The number of nitrogens with zero attached hydrogens (tertiary/aromatic N) is 1. The lowest BCUT2D eigenvalue weighted by Gasteiger charge is -2.19. The molecule has 26 heavy (non-hydrogen) atoms. The van der Waals surface area contributed by atoms with Crippen LogP contribution in [-0.2, 0) is 6.42 Å². The molecule has 0 unspecified atom stereocenters. The highest BCUT2D eigenvalue weighted by atomic mass is 16.5. The molecule has 0 N–H and O–H groups in total. The van der Waals surface area contributed by atoms with Crippen molar-refractivity contribution in [3.05, 3.63) is 64.7 Å². The summed E-state index contributed by atoms with van der Waals surface area (Å²) in [5, 5.41) is 0. The van der Waals surface area contributed by atoms with Gasteiger partial charge in [-0.15, -0.1) is 0 Å². The molecule has 0 bridgehead atoms. The number of Topliss-reactive ketones (excluding diaryl/α,β-unsaturated/α-hetero) is 1. The van der Waals surface area contributed by atoms with Crippen molar-refractivity contribution in [3.8, 4) is 5.75 Å². The average Bonchev–Trinajstić information content (AvgIpc) is 2.91. The molecule has 1 heterocycles. The summed E-state index contributed by atoms with van der Waals surface area (Å²) in [7, 11) is 0. The van der Waals surface area contributed by atoms with E-state index in [-0.39, 0.29) is 17.6 Å². The SMILES string of the molecule is O=C1CCCc2c(OCCCN3C(=O)c4ccccc4C3=O)cccc21. The molecule has 0 spiro atoms. The Morgan fingerprint density at radius 1 is 0.846 bits per heavy atom. The molecule has 0 atom stereocenters. The number of ketones is 1. The number of carbonyl (C=O) groups excluding carboxylic acids is 3. The summed E-state index contributed by atoms with van der Waals surface area (Å²) in [6.45, 7) is 0.707. The van der Waals surface area contributed by atoms with Gasteiger partial charge in [-0.1, -0.05) is 24.3 Å². The Labute approximate surface area is 151 Å².